The molecule has 1 heterocycles. The number of para-hydroxylation sites is 1. The lowest BCUT2D eigenvalue weighted by Crippen LogP contribution is -2.29. The van der Waals surface area contributed by atoms with Crippen molar-refractivity contribution >= 4 is 11.6 Å². The number of anilines is 1. The average Bonchev–Trinajstić information content (AvgIpc) is 3.05. The Labute approximate surface area is 130 Å². The van der Waals surface area contributed by atoms with Crippen molar-refractivity contribution in [1.82, 2.24) is 4.90 Å². The monoisotopic (exact) mass is 296 g/mol. The summed E-state index contributed by atoms with van der Waals surface area (Å²) in [6.45, 7) is 1.48. The first-order chi connectivity index (χ1) is 10.7. The van der Waals surface area contributed by atoms with E-state index >= 15 is 0 Å². The minimum atomic E-state index is 0.0171. The number of methoxy groups -OCH3 is 1. The van der Waals surface area contributed by atoms with Gasteiger partial charge in [-0.2, -0.15) is 0 Å². The fourth-order valence-corrected chi connectivity index (χ4v) is 2.97. The number of ether oxygens (including phenoxy) is 1. The summed E-state index contributed by atoms with van der Waals surface area (Å²) in [4.78, 5) is 14.5. The van der Waals surface area contributed by atoms with Gasteiger partial charge in [0.05, 0.1) is 12.7 Å². The zero-order chi connectivity index (χ0) is 15.5. The van der Waals surface area contributed by atoms with Crippen molar-refractivity contribution in [2.45, 2.75) is 12.3 Å². The number of benzene rings is 2. The van der Waals surface area contributed by atoms with Gasteiger partial charge in [-0.3, -0.25) is 4.79 Å². The fraction of sp³-hybridized carbons (Fsp3) is 0.278. The van der Waals surface area contributed by atoms with Crippen LogP contribution in [0.3, 0.4) is 0 Å². The molecule has 1 saturated heterocycles. The molecule has 0 aromatic heterocycles. The first-order valence-electron chi connectivity index (χ1n) is 7.47. The molecule has 0 spiro atoms. The third kappa shape index (κ3) is 2.77. The van der Waals surface area contributed by atoms with Crippen LogP contribution in [0.1, 0.15) is 28.3 Å². The summed E-state index contributed by atoms with van der Waals surface area (Å²) in [6, 6.07) is 15.3. The molecule has 114 valence electrons. The van der Waals surface area contributed by atoms with Gasteiger partial charge in [-0.15, -0.1) is 0 Å². The number of nitrogens with zero attached hydrogens (tertiary/aromatic N) is 1. The Balaban J connectivity index is 1.74. The van der Waals surface area contributed by atoms with Crippen LogP contribution in [-0.2, 0) is 0 Å². The molecule has 1 atom stereocenters. The highest BCUT2D eigenvalue weighted by Crippen LogP contribution is 2.30. The van der Waals surface area contributed by atoms with Crippen LogP contribution < -0.4 is 10.5 Å². The van der Waals surface area contributed by atoms with Gasteiger partial charge in [-0.05, 0) is 36.2 Å². The lowest BCUT2D eigenvalue weighted by atomic mass is 9.98. The molecule has 0 saturated carbocycles. The molecule has 1 unspecified atom stereocenters. The number of carbonyl (C=O) groups is 1. The van der Waals surface area contributed by atoms with Gasteiger partial charge in [0.1, 0.15) is 5.75 Å². The molecule has 1 aliphatic heterocycles. The third-order valence-electron chi connectivity index (χ3n) is 4.23. The predicted octanol–water partition coefficient (Wildman–Crippen LogP) is 2.91. The van der Waals surface area contributed by atoms with Gasteiger partial charge in [0.2, 0.25) is 0 Å². The molecular weight excluding hydrogens is 276 g/mol. The number of nitrogens with two attached hydrogens (primary N) is 1. The molecule has 0 radical (unpaired) electrons. The van der Waals surface area contributed by atoms with E-state index in [0.717, 1.165) is 25.3 Å². The summed E-state index contributed by atoms with van der Waals surface area (Å²) < 4.78 is 5.28. The Morgan fingerprint density at radius 2 is 2.05 bits per heavy atom. The number of amides is 1. The Kier molecular flexibility index (Phi) is 4.00. The quantitative estimate of drug-likeness (QED) is 0.886. The van der Waals surface area contributed by atoms with E-state index in [1.807, 2.05) is 29.2 Å². The lowest BCUT2D eigenvalue weighted by molar-refractivity contribution is 0.0792. The Bertz CT molecular complexity index is 684. The standard InChI is InChI=1S/C18H20N2O2/c1-22-15-6-4-5-13(11-15)14-9-10-20(12-14)18(21)16-7-2-3-8-17(16)19/h2-8,11,14H,9-10,12,19H2,1H3. The van der Waals surface area contributed by atoms with Gasteiger partial charge in [0.25, 0.3) is 5.91 Å². The van der Waals surface area contributed by atoms with Crippen LogP contribution in [0.25, 0.3) is 0 Å². The van der Waals surface area contributed by atoms with E-state index in [9.17, 15) is 4.79 Å². The van der Waals surface area contributed by atoms with Crippen molar-refractivity contribution < 1.29 is 9.53 Å². The molecule has 2 aromatic rings. The number of hydrogen-bond donors (Lipinski definition) is 1. The van der Waals surface area contributed by atoms with Crippen molar-refractivity contribution in [3.8, 4) is 5.75 Å². The smallest absolute Gasteiger partial charge is 0.255 e. The van der Waals surface area contributed by atoms with Gasteiger partial charge >= 0.3 is 0 Å². The van der Waals surface area contributed by atoms with Crippen LogP contribution in [-0.4, -0.2) is 31.0 Å². The zero-order valence-corrected chi connectivity index (χ0v) is 12.7. The molecule has 4 heteroatoms. The number of carbonyl (C=O) groups excluding carboxylic acids is 1. The van der Waals surface area contributed by atoms with Gasteiger partial charge in [-0.1, -0.05) is 24.3 Å². The van der Waals surface area contributed by atoms with Crippen molar-refractivity contribution in [2.24, 2.45) is 0 Å². The molecule has 1 aliphatic rings. The van der Waals surface area contributed by atoms with Crippen LogP contribution >= 0.6 is 0 Å². The van der Waals surface area contributed by atoms with E-state index in [1.165, 1.54) is 5.56 Å². The number of hydrogen-bond acceptors (Lipinski definition) is 3. The zero-order valence-electron chi connectivity index (χ0n) is 12.7. The van der Waals surface area contributed by atoms with Gasteiger partial charge in [-0.25, -0.2) is 0 Å². The summed E-state index contributed by atoms with van der Waals surface area (Å²) in [5.74, 6) is 1.22. The van der Waals surface area contributed by atoms with Crippen LogP contribution in [0.5, 0.6) is 5.75 Å². The largest absolute Gasteiger partial charge is 0.497 e. The lowest BCUT2D eigenvalue weighted by Gasteiger charge is -2.18. The molecule has 1 amide bonds. The highest BCUT2D eigenvalue weighted by molar-refractivity contribution is 5.99. The highest BCUT2D eigenvalue weighted by atomic mass is 16.5. The van der Waals surface area contributed by atoms with E-state index in [1.54, 1.807) is 19.2 Å². The second-order valence-corrected chi connectivity index (χ2v) is 5.60. The maximum atomic E-state index is 12.6. The first kappa shape index (κ1) is 14.4. The minimum absolute atomic E-state index is 0.0171. The molecule has 2 aromatic carbocycles. The van der Waals surface area contributed by atoms with Crippen molar-refractivity contribution in [3.05, 3.63) is 59.7 Å². The molecule has 2 N–H and O–H groups in total. The summed E-state index contributed by atoms with van der Waals surface area (Å²) in [7, 11) is 1.67. The molecule has 0 bridgehead atoms. The normalized spacial score (nSPS) is 17.5. The van der Waals surface area contributed by atoms with Crippen LogP contribution in [0.2, 0.25) is 0 Å². The number of nitrogen functional groups attached to an aromatic ring is 1. The Hall–Kier alpha value is -2.49. The molecule has 22 heavy (non-hydrogen) atoms. The van der Waals surface area contributed by atoms with Crippen molar-refractivity contribution in [1.29, 1.82) is 0 Å². The third-order valence-corrected chi connectivity index (χ3v) is 4.23. The van der Waals surface area contributed by atoms with E-state index in [2.05, 4.69) is 12.1 Å². The second-order valence-electron chi connectivity index (χ2n) is 5.60. The van der Waals surface area contributed by atoms with Crippen LogP contribution in [0.15, 0.2) is 48.5 Å². The molecule has 4 nitrogen and oxygen atoms in total. The first-order valence-corrected chi connectivity index (χ1v) is 7.47. The summed E-state index contributed by atoms with van der Waals surface area (Å²) in [5, 5.41) is 0. The molecule has 0 aliphatic carbocycles. The minimum Gasteiger partial charge on any atom is -0.497 e. The van der Waals surface area contributed by atoms with Crippen LogP contribution in [0.4, 0.5) is 5.69 Å². The Morgan fingerprint density at radius 1 is 1.23 bits per heavy atom. The molecule has 3 rings (SSSR count). The van der Waals surface area contributed by atoms with Crippen molar-refractivity contribution in [3.63, 3.8) is 0 Å². The summed E-state index contributed by atoms with van der Waals surface area (Å²) >= 11 is 0. The molecule has 1 fully saturated rings. The van der Waals surface area contributed by atoms with Crippen LogP contribution in [0, 0.1) is 0 Å². The van der Waals surface area contributed by atoms with E-state index in [4.69, 9.17) is 10.5 Å². The van der Waals surface area contributed by atoms with Crippen molar-refractivity contribution in [2.75, 3.05) is 25.9 Å². The Morgan fingerprint density at radius 3 is 2.82 bits per heavy atom. The number of rotatable bonds is 3. The summed E-state index contributed by atoms with van der Waals surface area (Å²) in [6.07, 6.45) is 0.964. The SMILES string of the molecule is COc1cccc(C2CCN(C(=O)c3ccccc3N)C2)c1. The van der Waals surface area contributed by atoms with Gasteiger partial charge < -0.3 is 15.4 Å². The fourth-order valence-electron chi connectivity index (χ4n) is 2.97. The summed E-state index contributed by atoms with van der Waals surface area (Å²) in [5.41, 5.74) is 8.26. The van der Waals surface area contributed by atoms with E-state index < -0.39 is 0 Å². The van der Waals surface area contributed by atoms with E-state index in [0.29, 0.717) is 17.2 Å². The maximum absolute atomic E-state index is 12.6. The predicted molar refractivity (Wildman–Crippen MR) is 87.1 cm³/mol. The van der Waals surface area contributed by atoms with Gasteiger partial charge in [0.15, 0.2) is 0 Å². The number of likely N-dealkylation sites (tertiary alicyclic amines) is 1. The second kappa shape index (κ2) is 6.10. The molecular formula is C18H20N2O2. The topological polar surface area (TPSA) is 55.6 Å². The average molecular weight is 296 g/mol. The van der Waals surface area contributed by atoms with E-state index in [-0.39, 0.29) is 5.91 Å². The van der Waals surface area contributed by atoms with Gasteiger partial charge in [0, 0.05) is 24.7 Å². The highest BCUT2D eigenvalue weighted by Gasteiger charge is 2.28. The maximum Gasteiger partial charge on any atom is 0.255 e.